The molecular formula is C16H23FNO5P. The molecule has 0 amide bonds. The monoisotopic (exact) mass is 359 g/mol. The van der Waals surface area contributed by atoms with E-state index in [0.717, 1.165) is 0 Å². The van der Waals surface area contributed by atoms with Crippen LogP contribution >= 0.6 is 7.52 Å². The van der Waals surface area contributed by atoms with E-state index in [9.17, 15) is 13.8 Å². The largest absolute Gasteiger partial charge is 0.468 e. The topological polar surface area (TPSA) is 84.9 Å². The maximum Gasteiger partial charge on any atom is 0.351 e. The molecule has 1 aromatic rings. The van der Waals surface area contributed by atoms with Crippen LogP contribution in [0.1, 0.15) is 20.3 Å². The molecule has 0 aromatic heterocycles. The van der Waals surface area contributed by atoms with Crippen LogP contribution in [0.3, 0.4) is 0 Å². The summed E-state index contributed by atoms with van der Waals surface area (Å²) in [5.41, 5.74) is 0.546. The predicted molar refractivity (Wildman–Crippen MR) is 89.6 cm³/mol. The Morgan fingerprint density at radius 2 is 2.04 bits per heavy atom. The van der Waals surface area contributed by atoms with Crippen molar-refractivity contribution in [2.75, 3.05) is 13.7 Å². The number of methoxy groups -OCH3 is 1. The first kappa shape index (κ1) is 20.4. The standard InChI is InChI=1S/C16H23FNO5P/c1-12(11-19)9-10-15(17)24(21,18-13(2)16(20)22-3)23-14-7-5-4-6-8-14/h4-9,13,15,19H,10-11H2,1-3H3,(H,18,21)/b12-9+. The lowest BCUT2D eigenvalue weighted by Gasteiger charge is -2.25. The van der Waals surface area contributed by atoms with Crippen LogP contribution < -0.4 is 9.61 Å². The number of aliphatic hydroxyl groups is 1. The summed E-state index contributed by atoms with van der Waals surface area (Å²) in [5.74, 6) is -2.36. The minimum Gasteiger partial charge on any atom is -0.468 e. The molecule has 1 rings (SSSR count). The number of rotatable bonds is 9. The number of allylic oxidation sites excluding steroid dienone is 1. The third-order valence-electron chi connectivity index (χ3n) is 3.19. The Bertz CT molecular complexity index is 608. The lowest BCUT2D eigenvalue weighted by molar-refractivity contribution is -0.142. The fourth-order valence-corrected chi connectivity index (χ4v) is 3.60. The van der Waals surface area contributed by atoms with Crippen molar-refractivity contribution < 1.29 is 28.1 Å². The number of carbonyl (C=O) groups is 1. The van der Waals surface area contributed by atoms with Crippen LogP contribution in [-0.4, -0.2) is 36.7 Å². The number of alkyl halides is 1. The highest BCUT2D eigenvalue weighted by Crippen LogP contribution is 2.50. The summed E-state index contributed by atoms with van der Waals surface area (Å²) >= 11 is 0. The summed E-state index contributed by atoms with van der Waals surface area (Å²) in [6, 6.07) is 7.13. The van der Waals surface area contributed by atoms with Crippen LogP contribution in [0.5, 0.6) is 5.75 Å². The number of ether oxygens (including phenoxy) is 1. The summed E-state index contributed by atoms with van der Waals surface area (Å²) in [5, 5.41) is 11.4. The van der Waals surface area contributed by atoms with E-state index in [-0.39, 0.29) is 18.8 Å². The van der Waals surface area contributed by atoms with Gasteiger partial charge in [-0.25, -0.2) is 9.48 Å². The van der Waals surface area contributed by atoms with Crippen molar-refractivity contribution in [3.8, 4) is 5.75 Å². The Morgan fingerprint density at radius 3 is 2.58 bits per heavy atom. The number of para-hydroxylation sites is 1. The Labute approximate surface area is 141 Å². The van der Waals surface area contributed by atoms with Crippen molar-refractivity contribution in [3.63, 3.8) is 0 Å². The van der Waals surface area contributed by atoms with E-state index >= 15 is 0 Å². The number of esters is 1. The van der Waals surface area contributed by atoms with Gasteiger partial charge in [0, 0.05) is 6.42 Å². The number of hydrogen-bond donors (Lipinski definition) is 2. The minimum atomic E-state index is -4.07. The highest BCUT2D eigenvalue weighted by molar-refractivity contribution is 7.57. The first-order valence-corrected chi connectivity index (χ1v) is 9.12. The number of halogens is 1. The smallest absolute Gasteiger partial charge is 0.351 e. The Kier molecular flexibility index (Phi) is 8.11. The molecule has 0 aliphatic carbocycles. The molecule has 0 fully saturated rings. The first-order valence-electron chi connectivity index (χ1n) is 7.43. The summed E-state index contributed by atoms with van der Waals surface area (Å²) in [4.78, 5) is 11.5. The number of hydrogen-bond acceptors (Lipinski definition) is 5. The fourth-order valence-electron chi connectivity index (χ4n) is 1.80. The average molecular weight is 359 g/mol. The van der Waals surface area contributed by atoms with Crippen LogP contribution in [0, 0.1) is 0 Å². The van der Waals surface area contributed by atoms with Gasteiger partial charge < -0.3 is 14.4 Å². The van der Waals surface area contributed by atoms with Gasteiger partial charge in [0.05, 0.1) is 13.7 Å². The molecule has 134 valence electrons. The lowest BCUT2D eigenvalue weighted by atomic mass is 10.2. The number of aliphatic hydroxyl groups excluding tert-OH is 1. The molecule has 1 aromatic carbocycles. The van der Waals surface area contributed by atoms with Crippen molar-refractivity contribution in [1.82, 2.24) is 5.09 Å². The van der Waals surface area contributed by atoms with E-state index in [1.165, 1.54) is 20.1 Å². The van der Waals surface area contributed by atoms with Crippen LogP contribution in [0.2, 0.25) is 0 Å². The minimum absolute atomic E-state index is 0.218. The molecule has 6 nitrogen and oxygen atoms in total. The Morgan fingerprint density at radius 1 is 1.42 bits per heavy atom. The maximum atomic E-state index is 14.6. The van der Waals surface area contributed by atoms with E-state index in [4.69, 9.17) is 9.63 Å². The summed E-state index contributed by atoms with van der Waals surface area (Å²) in [7, 11) is -2.88. The molecule has 0 radical (unpaired) electrons. The fraction of sp³-hybridized carbons (Fsp3) is 0.438. The SMILES string of the molecule is COC(=O)C(C)NP(=O)(Oc1ccccc1)C(F)C/C=C(\C)CO. The summed E-state index contributed by atoms with van der Waals surface area (Å²) in [6.45, 7) is 2.82. The van der Waals surface area contributed by atoms with Crippen LogP contribution in [-0.2, 0) is 14.1 Å². The second-order valence-electron chi connectivity index (χ2n) is 5.25. The molecule has 3 unspecified atom stereocenters. The highest BCUT2D eigenvalue weighted by atomic mass is 31.2. The van der Waals surface area contributed by atoms with Crippen molar-refractivity contribution in [2.24, 2.45) is 0 Å². The Balaban J connectivity index is 3.01. The highest BCUT2D eigenvalue weighted by Gasteiger charge is 2.38. The second-order valence-corrected chi connectivity index (χ2v) is 7.45. The summed E-state index contributed by atoms with van der Waals surface area (Å²) in [6.07, 6.45) is 1.22. The predicted octanol–water partition coefficient (Wildman–Crippen LogP) is 3.03. The molecule has 8 heteroatoms. The lowest BCUT2D eigenvalue weighted by Crippen LogP contribution is -2.36. The van der Waals surface area contributed by atoms with Gasteiger partial charge in [-0.05, 0) is 26.0 Å². The van der Waals surface area contributed by atoms with Gasteiger partial charge in [0.1, 0.15) is 11.8 Å². The molecule has 0 aliphatic heterocycles. The molecule has 0 saturated carbocycles. The zero-order chi connectivity index (χ0) is 18.2. The van der Waals surface area contributed by atoms with E-state index < -0.39 is 25.4 Å². The van der Waals surface area contributed by atoms with Gasteiger partial charge in [-0.1, -0.05) is 29.8 Å². The first-order chi connectivity index (χ1) is 11.3. The zero-order valence-electron chi connectivity index (χ0n) is 13.9. The molecule has 2 N–H and O–H groups in total. The van der Waals surface area contributed by atoms with Crippen molar-refractivity contribution in [2.45, 2.75) is 32.2 Å². The molecular weight excluding hydrogens is 336 g/mol. The van der Waals surface area contributed by atoms with Gasteiger partial charge in [-0.3, -0.25) is 9.36 Å². The molecule has 3 atom stereocenters. The van der Waals surface area contributed by atoms with Crippen molar-refractivity contribution in [1.29, 1.82) is 0 Å². The van der Waals surface area contributed by atoms with E-state index in [1.54, 1.807) is 37.3 Å². The molecule has 0 saturated heterocycles. The number of benzene rings is 1. The molecule has 24 heavy (non-hydrogen) atoms. The van der Waals surface area contributed by atoms with E-state index in [0.29, 0.717) is 5.57 Å². The third kappa shape index (κ3) is 6.07. The van der Waals surface area contributed by atoms with Crippen LogP contribution in [0.25, 0.3) is 0 Å². The number of carbonyl (C=O) groups excluding carboxylic acids is 1. The molecule has 0 heterocycles. The van der Waals surface area contributed by atoms with E-state index in [2.05, 4.69) is 9.82 Å². The third-order valence-corrected chi connectivity index (χ3v) is 5.37. The molecule has 0 bridgehead atoms. The van der Waals surface area contributed by atoms with Gasteiger partial charge in [0.2, 0.25) is 5.91 Å². The molecule has 0 spiro atoms. The van der Waals surface area contributed by atoms with Crippen molar-refractivity contribution >= 4 is 13.5 Å². The average Bonchev–Trinajstić information content (AvgIpc) is 2.58. The van der Waals surface area contributed by atoms with Gasteiger partial charge in [0.25, 0.3) is 0 Å². The van der Waals surface area contributed by atoms with Crippen LogP contribution in [0.4, 0.5) is 4.39 Å². The normalized spacial score (nSPS) is 16.8. The molecule has 0 aliphatic rings. The van der Waals surface area contributed by atoms with Crippen molar-refractivity contribution in [3.05, 3.63) is 42.0 Å². The second kappa shape index (κ2) is 9.57. The Hall–Kier alpha value is -1.69. The number of nitrogens with one attached hydrogen (secondary N) is 1. The van der Waals surface area contributed by atoms with Gasteiger partial charge in [-0.2, -0.15) is 0 Å². The van der Waals surface area contributed by atoms with E-state index in [1.807, 2.05) is 0 Å². The maximum absolute atomic E-state index is 14.6. The van der Waals surface area contributed by atoms with Gasteiger partial charge in [0.15, 0.2) is 0 Å². The van der Waals surface area contributed by atoms with Gasteiger partial charge >= 0.3 is 13.5 Å². The summed E-state index contributed by atoms with van der Waals surface area (Å²) < 4.78 is 37.6. The zero-order valence-corrected chi connectivity index (χ0v) is 14.8. The quantitative estimate of drug-likeness (QED) is 0.400. The van der Waals surface area contributed by atoms with Gasteiger partial charge in [-0.15, -0.1) is 0 Å². The van der Waals surface area contributed by atoms with Crippen LogP contribution in [0.15, 0.2) is 42.0 Å².